The Bertz CT molecular complexity index is 1310. The van der Waals surface area contributed by atoms with Crippen LogP contribution in [0.15, 0.2) is 48.9 Å². The lowest BCUT2D eigenvalue weighted by Crippen LogP contribution is -2.48. The van der Waals surface area contributed by atoms with Gasteiger partial charge in [0.05, 0.1) is 47.3 Å². The second-order valence-corrected chi connectivity index (χ2v) is 9.67. The number of aromatic nitrogens is 4. The number of amides is 1. The molecule has 0 bridgehead atoms. The fourth-order valence-electron chi connectivity index (χ4n) is 4.59. The zero-order valence-electron chi connectivity index (χ0n) is 18.6. The fourth-order valence-corrected chi connectivity index (χ4v) is 5.58. The number of hydrogen-bond acceptors (Lipinski definition) is 8. The highest BCUT2D eigenvalue weighted by Crippen LogP contribution is 2.35. The minimum absolute atomic E-state index is 0.120. The van der Waals surface area contributed by atoms with Gasteiger partial charge in [0.2, 0.25) is 5.91 Å². The number of hydrogen-bond donors (Lipinski definition) is 2. The summed E-state index contributed by atoms with van der Waals surface area (Å²) in [6, 6.07) is 10.0. The molecule has 1 amide bonds. The van der Waals surface area contributed by atoms with Crippen LogP contribution >= 0.6 is 11.3 Å². The van der Waals surface area contributed by atoms with Crippen molar-refractivity contribution in [2.75, 3.05) is 38.6 Å². The number of thiazole rings is 1. The first-order valence-corrected chi connectivity index (χ1v) is 12.2. The molecular formula is C24H25N7O2S. The Balaban J connectivity index is 1.21. The van der Waals surface area contributed by atoms with Gasteiger partial charge in [0.1, 0.15) is 10.8 Å². The maximum atomic E-state index is 12.8. The van der Waals surface area contributed by atoms with E-state index in [4.69, 9.17) is 15.5 Å². The SMILES string of the molecule is Nc1ncc(-c2cnn(C3CN[C@H](C(=O)N4CCOCC4)C3)c2)cc1-c1nc2ccccc2s1. The molecule has 6 rings (SSSR count). The molecule has 174 valence electrons. The van der Waals surface area contributed by atoms with Crippen LogP contribution in [0.1, 0.15) is 12.5 Å². The van der Waals surface area contributed by atoms with Crippen LogP contribution in [0.4, 0.5) is 5.82 Å². The fraction of sp³-hybridized carbons (Fsp3) is 0.333. The van der Waals surface area contributed by atoms with Crippen LogP contribution in [0, 0.1) is 0 Å². The average molecular weight is 476 g/mol. The average Bonchev–Trinajstić information content (AvgIpc) is 3.63. The van der Waals surface area contributed by atoms with E-state index in [1.807, 2.05) is 46.2 Å². The van der Waals surface area contributed by atoms with E-state index in [1.54, 1.807) is 17.5 Å². The molecule has 1 aromatic carbocycles. The quantitative estimate of drug-likeness (QED) is 0.467. The topological polar surface area (TPSA) is 111 Å². The highest BCUT2D eigenvalue weighted by Gasteiger charge is 2.34. The van der Waals surface area contributed by atoms with E-state index in [0.29, 0.717) is 45.1 Å². The molecule has 3 N–H and O–H groups in total. The molecule has 2 fully saturated rings. The molecule has 3 aromatic heterocycles. The number of carbonyl (C=O) groups is 1. The molecule has 0 saturated carbocycles. The predicted molar refractivity (Wildman–Crippen MR) is 131 cm³/mol. The number of nitrogens with zero attached hydrogens (tertiary/aromatic N) is 5. The van der Waals surface area contributed by atoms with Crippen molar-refractivity contribution >= 4 is 33.3 Å². The number of nitrogen functional groups attached to an aromatic ring is 1. The van der Waals surface area contributed by atoms with E-state index in [2.05, 4.69) is 21.5 Å². The summed E-state index contributed by atoms with van der Waals surface area (Å²) in [5, 5.41) is 8.83. The lowest BCUT2D eigenvalue weighted by molar-refractivity contribution is -0.137. The van der Waals surface area contributed by atoms with E-state index >= 15 is 0 Å². The Morgan fingerprint density at radius 1 is 1.18 bits per heavy atom. The number of rotatable bonds is 4. The summed E-state index contributed by atoms with van der Waals surface area (Å²) in [6.45, 7) is 3.25. The number of carbonyl (C=O) groups excluding carboxylic acids is 1. The predicted octanol–water partition coefficient (Wildman–Crippen LogP) is 2.57. The Labute approximate surface area is 200 Å². The number of pyridine rings is 1. The van der Waals surface area contributed by atoms with Crippen molar-refractivity contribution in [2.24, 2.45) is 0 Å². The van der Waals surface area contributed by atoms with Gasteiger partial charge in [0.15, 0.2) is 0 Å². The number of fused-ring (bicyclic) bond motifs is 1. The molecule has 2 aliphatic heterocycles. The number of ether oxygens (including phenoxy) is 1. The van der Waals surface area contributed by atoms with Gasteiger partial charge in [-0.15, -0.1) is 11.3 Å². The molecule has 0 aliphatic carbocycles. The van der Waals surface area contributed by atoms with E-state index < -0.39 is 0 Å². The summed E-state index contributed by atoms with van der Waals surface area (Å²) in [7, 11) is 0. The van der Waals surface area contributed by atoms with Crippen molar-refractivity contribution in [3.05, 3.63) is 48.9 Å². The first-order chi connectivity index (χ1) is 16.7. The van der Waals surface area contributed by atoms with Gasteiger partial charge in [-0.25, -0.2) is 9.97 Å². The van der Waals surface area contributed by atoms with Gasteiger partial charge in [-0.1, -0.05) is 12.1 Å². The summed E-state index contributed by atoms with van der Waals surface area (Å²) in [5.41, 5.74) is 9.88. The van der Waals surface area contributed by atoms with Crippen molar-refractivity contribution in [1.82, 2.24) is 30.0 Å². The van der Waals surface area contributed by atoms with Crippen LogP contribution in [0.2, 0.25) is 0 Å². The molecule has 0 radical (unpaired) electrons. The van der Waals surface area contributed by atoms with Crippen molar-refractivity contribution in [3.8, 4) is 21.7 Å². The van der Waals surface area contributed by atoms with Crippen molar-refractivity contribution in [1.29, 1.82) is 0 Å². The lowest BCUT2D eigenvalue weighted by Gasteiger charge is -2.29. The Kier molecular flexibility index (Phi) is 5.48. The highest BCUT2D eigenvalue weighted by atomic mass is 32.1. The summed E-state index contributed by atoms with van der Waals surface area (Å²) >= 11 is 1.60. The largest absolute Gasteiger partial charge is 0.383 e. The molecule has 0 spiro atoms. The van der Waals surface area contributed by atoms with E-state index in [-0.39, 0.29) is 18.0 Å². The van der Waals surface area contributed by atoms with Gasteiger partial charge in [-0.2, -0.15) is 5.10 Å². The van der Waals surface area contributed by atoms with Crippen molar-refractivity contribution in [2.45, 2.75) is 18.5 Å². The van der Waals surface area contributed by atoms with Gasteiger partial charge in [-0.05, 0) is 24.6 Å². The molecule has 2 atom stereocenters. The molecule has 2 aliphatic rings. The first-order valence-electron chi connectivity index (χ1n) is 11.4. The van der Waals surface area contributed by atoms with Gasteiger partial charge in [0.25, 0.3) is 0 Å². The van der Waals surface area contributed by atoms with Crippen molar-refractivity contribution < 1.29 is 9.53 Å². The molecule has 9 nitrogen and oxygen atoms in total. The number of benzene rings is 1. The Hall–Kier alpha value is -3.34. The zero-order valence-corrected chi connectivity index (χ0v) is 19.4. The third-order valence-corrected chi connectivity index (χ3v) is 7.55. The third-order valence-electron chi connectivity index (χ3n) is 6.48. The Morgan fingerprint density at radius 3 is 2.88 bits per heavy atom. The number of para-hydroxylation sites is 1. The van der Waals surface area contributed by atoms with Crippen LogP contribution in [-0.2, 0) is 9.53 Å². The van der Waals surface area contributed by atoms with Crippen LogP contribution in [0.3, 0.4) is 0 Å². The molecular weight excluding hydrogens is 450 g/mol. The second kappa shape index (κ2) is 8.79. The van der Waals surface area contributed by atoms with E-state index in [1.165, 1.54) is 0 Å². The second-order valence-electron chi connectivity index (χ2n) is 8.64. The van der Waals surface area contributed by atoms with E-state index in [0.717, 1.165) is 31.9 Å². The normalized spacial score (nSPS) is 20.8. The summed E-state index contributed by atoms with van der Waals surface area (Å²) < 4.78 is 8.43. The number of anilines is 1. The van der Waals surface area contributed by atoms with E-state index in [9.17, 15) is 4.79 Å². The molecule has 2 saturated heterocycles. The smallest absolute Gasteiger partial charge is 0.239 e. The monoisotopic (exact) mass is 475 g/mol. The van der Waals surface area contributed by atoms with Gasteiger partial charge in [-0.3, -0.25) is 9.48 Å². The van der Waals surface area contributed by atoms with Gasteiger partial charge >= 0.3 is 0 Å². The molecule has 4 aromatic rings. The molecule has 1 unspecified atom stereocenters. The number of nitrogens with one attached hydrogen (secondary N) is 1. The van der Waals surface area contributed by atoms with Crippen LogP contribution in [-0.4, -0.2) is 69.4 Å². The number of nitrogens with two attached hydrogens (primary N) is 1. The van der Waals surface area contributed by atoms with Crippen LogP contribution in [0.25, 0.3) is 31.9 Å². The first kappa shape index (κ1) is 21.2. The highest BCUT2D eigenvalue weighted by molar-refractivity contribution is 7.21. The summed E-state index contributed by atoms with van der Waals surface area (Å²) in [6.07, 6.45) is 6.34. The van der Waals surface area contributed by atoms with Crippen LogP contribution in [0.5, 0.6) is 0 Å². The lowest BCUT2D eigenvalue weighted by atomic mass is 10.1. The van der Waals surface area contributed by atoms with Crippen molar-refractivity contribution in [3.63, 3.8) is 0 Å². The van der Waals surface area contributed by atoms with Gasteiger partial charge < -0.3 is 20.7 Å². The summed E-state index contributed by atoms with van der Waals surface area (Å²) in [5.74, 6) is 0.612. The molecule has 10 heteroatoms. The minimum atomic E-state index is -0.181. The maximum Gasteiger partial charge on any atom is 0.239 e. The molecule has 5 heterocycles. The van der Waals surface area contributed by atoms with Crippen LogP contribution < -0.4 is 11.1 Å². The Morgan fingerprint density at radius 2 is 2.03 bits per heavy atom. The third kappa shape index (κ3) is 3.93. The zero-order chi connectivity index (χ0) is 23.1. The minimum Gasteiger partial charge on any atom is -0.383 e. The molecule has 34 heavy (non-hydrogen) atoms. The van der Waals surface area contributed by atoms with Gasteiger partial charge in [0, 0.05) is 43.2 Å². The maximum absolute atomic E-state index is 12.8. The summed E-state index contributed by atoms with van der Waals surface area (Å²) in [4.78, 5) is 23.9. The standard InChI is InChI=1S/C24H25N7O2S/c25-22-18(23-29-19-3-1-2-4-21(19)34-23)9-15(11-27-22)16-12-28-31(14-16)17-10-20(26-13-17)24(32)30-5-7-33-8-6-30/h1-4,9,11-12,14,17,20,26H,5-8,10,13H2,(H2,25,27)/t17?,20-/m0/s1. The number of morpholine rings is 1.